The van der Waals surface area contributed by atoms with Gasteiger partial charge in [-0.15, -0.1) is 0 Å². The highest BCUT2D eigenvalue weighted by Crippen LogP contribution is 2.28. The topological polar surface area (TPSA) is 46.1 Å². The largest absolute Gasteiger partial charge is 0.342 e. The van der Waals surface area contributed by atoms with Gasteiger partial charge >= 0.3 is 0 Å². The number of hydrogen-bond acceptors (Lipinski definition) is 3. The molecule has 154 valence electrons. The molecular weight excluding hydrogens is 377 g/mol. The third-order valence-electron chi connectivity index (χ3n) is 5.68. The average molecular weight is 404 g/mol. The molecule has 1 unspecified atom stereocenters. The maximum atomic E-state index is 14.1. The zero-order chi connectivity index (χ0) is 20.9. The van der Waals surface area contributed by atoms with Crippen LogP contribution in [0.1, 0.15) is 46.8 Å². The quantitative estimate of drug-likeness (QED) is 0.632. The van der Waals surface area contributed by atoms with Gasteiger partial charge in [0.1, 0.15) is 5.82 Å². The van der Waals surface area contributed by atoms with Crippen LogP contribution in [0.5, 0.6) is 0 Å². The standard InChI is InChI=1S/C25H26FN3O/c1-18-13-20(14-21-5-2-3-7-23(21)26)15-24(28-18)22-6-4-12-29(17-22)25(30)16-19-8-10-27-11-9-19/h2-3,5,7-11,13,15,22H,4,6,12,14,16-17H2,1H3. The Kier molecular flexibility index (Phi) is 6.17. The molecule has 1 atom stereocenters. The predicted molar refractivity (Wildman–Crippen MR) is 115 cm³/mol. The summed E-state index contributed by atoms with van der Waals surface area (Å²) in [6.45, 7) is 3.44. The number of hydrogen-bond donors (Lipinski definition) is 0. The summed E-state index contributed by atoms with van der Waals surface area (Å²) in [6, 6.07) is 14.8. The first-order valence-electron chi connectivity index (χ1n) is 10.5. The van der Waals surface area contributed by atoms with Crippen molar-refractivity contribution in [3.05, 3.63) is 94.8 Å². The number of pyridine rings is 2. The fourth-order valence-electron chi connectivity index (χ4n) is 4.17. The van der Waals surface area contributed by atoms with Gasteiger partial charge < -0.3 is 4.90 Å². The molecule has 0 radical (unpaired) electrons. The summed E-state index contributed by atoms with van der Waals surface area (Å²) in [6.07, 6.45) is 6.35. The number of amides is 1. The van der Waals surface area contributed by atoms with Crippen LogP contribution in [-0.2, 0) is 17.6 Å². The number of aryl methyl sites for hydroxylation is 1. The fraction of sp³-hybridized carbons (Fsp3) is 0.320. The van der Waals surface area contributed by atoms with E-state index in [-0.39, 0.29) is 17.6 Å². The lowest BCUT2D eigenvalue weighted by molar-refractivity contribution is -0.131. The summed E-state index contributed by atoms with van der Waals surface area (Å²) in [7, 11) is 0. The van der Waals surface area contributed by atoms with Crippen LogP contribution in [0.25, 0.3) is 0 Å². The van der Waals surface area contributed by atoms with Gasteiger partial charge in [-0.1, -0.05) is 18.2 Å². The second kappa shape index (κ2) is 9.16. The summed E-state index contributed by atoms with van der Waals surface area (Å²) in [4.78, 5) is 23.5. The first-order valence-corrected chi connectivity index (χ1v) is 10.5. The monoisotopic (exact) mass is 403 g/mol. The zero-order valence-electron chi connectivity index (χ0n) is 17.2. The van der Waals surface area contributed by atoms with E-state index in [1.807, 2.05) is 42.2 Å². The SMILES string of the molecule is Cc1cc(Cc2ccccc2F)cc(C2CCCN(C(=O)Cc3ccncc3)C2)n1. The third-order valence-corrected chi connectivity index (χ3v) is 5.68. The van der Waals surface area contributed by atoms with Gasteiger partial charge in [0.15, 0.2) is 0 Å². The summed E-state index contributed by atoms with van der Waals surface area (Å²) in [5, 5.41) is 0. The minimum Gasteiger partial charge on any atom is -0.342 e. The summed E-state index contributed by atoms with van der Waals surface area (Å²) < 4.78 is 14.1. The molecule has 3 heterocycles. The number of carbonyl (C=O) groups excluding carboxylic acids is 1. The van der Waals surface area contributed by atoms with Gasteiger partial charge in [0, 0.05) is 49.2 Å². The Bertz CT molecular complexity index is 1020. The molecule has 4 nitrogen and oxygen atoms in total. The number of piperidine rings is 1. The molecule has 30 heavy (non-hydrogen) atoms. The molecule has 2 aromatic heterocycles. The van der Waals surface area contributed by atoms with Gasteiger partial charge in [-0.2, -0.15) is 0 Å². The Morgan fingerprint density at radius 2 is 1.93 bits per heavy atom. The zero-order valence-corrected chi connectivity index (χ0v) is 17.2. The molecule has 0 bridgehead atoms. The Balaban J connectivity index is 1.48. The van der Waals surface area contributed by atoms with Gasteiger partial charge in [-0.25, -0.2) is 4.39 Å². The molecule has 0 spiro atoms. The van der Waals surface area contributed by atoms with Crippen LogP contribution in [0, 0.1) is 12.7 Å². The van der Waals surface area contributed by atoms with Crippen molar-refractivity contribution in [2.75, 3.05) is 13.1 Å². The van der Waals surface area contributed by atoms with Crippen molar-refractivity contribution in [2.45, 2.75) is 38.5 Å². The smallest absolute Gasteiger partial charge is 0.227 e. The van der Waals surface area contributed by atoms with Gasteiger partial charge in [0.25, 0.3) is 0 Å². The molecule has 0 aliphatic carbocycles. The van der Waals surface area contributed by atoms with Crippen LogP contribution < -0.4 is 0 Å². The van der Waals surface area contributed by atoms with E-state index in [0.717, 1.165) is 41.9 Å². The Morgan fingerprint density at radius 1 is 1.13 bits per heavy atom. The third kappa shape index (κ3) is 4.90. The van der Waals surface area contributed by atoms with E-state index in [4.69, 9.17) is 4.98 Å². The summed E-state index contributed by atoms with van der Waals surface area (Å²) in [5.74, 6) is 0.170. The number of likely N-dealkylation sites (tertiary alicyclic amines) is 1. The number of benzene rings is 1. The highest BCUT2D eigenvalue weighted by Gasteiger charge is 2.26. The van der Waals surface area contributed by atoms with E-state index >= 15 is 0 Å². The molecule has 0 N–H and O–H groups in total. The van der Waals surface area contributed by atoms with E-state index in [9.17, 15) is 9.18 Å². The molecule has 1 aromatic carbocycles. The molecule has 0 saturated carbocycles. The molecule has 1 amide bonds. The van der Waals surface area contributed by atoms with Crippen molar-refractivity contribution in [3.63, 3.8) is 0 Å². The Labute approximate surface area is 176 Å². The molecular formula is C25H26FN3O. The van der Waals surface area contributed by atoms with Crippen LogP contribution in [-0.4, -0.2) is 33.9 Å². The Hall–Kier alpha value is -3.08. The van der Waals surface area contributed by atoms with Crippen molar-refractivity contribution in [1.82, 2.24) is 14.9 Å². The van der Waals surface area contributed by atoms with Gasteiger partial charge in [-0.3, -0.25) is 14.8 Å². The lowest BCUT2D eigenvalue weighted by Crippen LogP contribution is -2.40. The lowest BCUT2D eigenvalue weighted by atomic mass is 9.92. The summed E-state index contributed by atoms with van der Waals surface area (Å²) in [5.41, 5.74) is 4.66. The molecule has 1 aliphatic heterocycles. The predicted octanol–water partition coefficient (Wildman–Crippen LogP) is 4.46. The van der Waals surface area contributed by atoms with Gasteiger partial charge in [-0.05, 0) is 66.8 Å². The molecule has 1 saturated heterocycles. The highest BCUT2D eigenvalue weighted by atomic mass is 19.1. The first kappa shape index (κ1) is 20.2. The lowest BCUT2D eigenvalue weighted by Gasteiger charge is -2.33. The molecule has 1 fully saturated rings. The minimum atomic E-state index is -0.181. The van der Waals surface area contributed by atoms with Crippen molar-refractivity contribution >= 4 is 5.91 Å². The Morgan fingerprint density at radius 3 is 2.73 bits per heavy atom. The summed E-state index contributed by atoms with van der Waals surface area (Å²) >= 11 is 0. The first-order chi connectivity index (χ1) is 14.6. The van der Waals surface area contributed by atoms with Crippen LogP contribution in [0.15, 0.2) is 60.9 Å². The second-order valence-corrected chi connectivity index (χ2v) is 8.02. The molecule has 3 aromatic rings. The van der Waals surface area contributed by atoms with Crippen LogP contribution in [0.3, 0.4) is 0 Å². The van der Waals surface area contributed by atoms with Gasteiger partial charge in [0.05, 0.1) is 6.42 Å². The van der Waals surface area contributed by atoms with Crippen LogP contribution >= 0.6 is 0 Å². The van der Waals surface area contributed by atoms with E-state index in [1.165, 1.54) is 6.07 Å². The second-order valence-electron chi connectivity index (χ2n) is 8.02. The molecule has 5 heteroatoms. The fourth-order valence-corrected chi connectivity index (χ4v) is 4.17. The van der Waals surface area contributed by atoms with Gasteiger partial charge in [0.2, 0.25) is 5.91 Å². The van der Waals surface area contributed by atoms with E-state index < -0.39 is 0 Å². The number of rotatable bonds is 5. The highest BCUT2D eigenvalue weighted by molar-refractivity contribution is 5.78. The van der Waals surface area contributed by atoms with Crippen LogP contribution in [0.4, 0.5) is 4.39 Å². The number of nitrogens with zero attached hydrogens (tertiary/aromatic N) is 3. The maximum absolute atomic E-state index is 14.1. The van der Waals surface area contributed by atoms with Crippen molar-refractivity contribution < 1.29 is 9.18 Å². The average Bonchev–Trinajstić information content (AvgIpc) is 2.76. The van der Waals surface area contributed by atoms with E-state index in [2.05, 4.69) is 11.1 Å². The number of halogens is 1. The van der Waals surface area contributed by atoms with Crippen molar-refractivity contribution in [2.24, 2.45) is 0 Å². The number of aromatic nitrogens is 2. The van der Waals surface area contributed by atoms with E-state index in [0.29, 0.717) is 24.9 Å². The van der Waals surface area contributed by atoms with E-state index in [1.54, 1.807) is 18.5 Å². The molecule has 4 rings (SSSR count). The minimum absolute atomic E-state index is 0.144. The van der Waals surface area contributed by atoms with Crippen molar-refractivity contribution in [1.29, 1.82) is 0 Å². The number of carbonyl (C=O) groups is 1. The molecule has 1 aliphatic rings. The van der Waals surface area contributed by atoms with Crippen LogP contribution in [0.2, 0.25) is 0 Å². The van der Waals surface area contributed by atoms with Crippen molar-refractivity contribution in [3.8, 4) is 0 Å². The normalized spacial score (nSPS) is 16.5. The maximum Gasteiger partial charge on any atom is 0.227 e.